The number of fused-ring (bicyclic) bond motifs is 2. The minimum atomic E-state index is -0.0189. The first-order chi connectivity index (χ1) is 10.3. The van der Waals surface area contributed by atoms with Crippen LogP contribution in [0.15, 0.2) is 42.5 Å². The van der Waals surface area contributed by atoms with Crippen molar-refractivity contribution in [2.75, 3.05) is 11.1 Å². The van der Waals surface area contributed by atoms with Gasteiger partial charge < -0.3 is 15.4 Å². The minimum absolute atomic E-state index is 0.0189. The molecule has 1 amide bonds. The zero-order chi connectivity index (χ0) is 14.2. The number of benzene rings is 2. The Hall–Kier alpha value is -2.14. The Balaban J connectivity index is 1.62. The number of carbonyl (C=O) groups is 1. The number of rotatable bonds is 2. The zero-order valence-corrected chi connectivity index (χ0v) is 12.1. The third-order valence-electron chi connectivity index (χ3n) is 3.52. The van der Waals surface area contributed by atoms with E-state index >= 15 is 0 Å². The number of ether oxygens (including phenoxy) is 1. The first kappa shape index (κ1) is 12.6. The second-order valence-corrected chi connectivity index (χ2v) is 6.31. The van der Waals surface area contributed by atoms with Gasteiger partial charge in [0.2, 0.25) is 0 Å². The van der Waals surface area contributed by atoms with Crippen molar-refractivity contribution >= 4 is 23.4 Å². The van der Waals surface area contributed by atoms with Crippen LogP contribution in [-0.4, -0.2) is 17.0 Å². The third kappa shape index (κ3) is 2.56. The Kier molecular flexibility index (Phi) is 3.00. The molecule has 21 heavy (non-hydrogen) atoms. The van der Waals surface area contributed by atoms with Crippen molar-refractivity contribution in [1.29, 1.82) is 0 Å². The fraction of sp³-hybridized carbons (Fsp3) is 0.188. The molecule has 0 aliphatic carbocycles. The molecule has 0 bridgehead atoms. The summed E-state index contributed by atoms with van der Waals surface area (Å²) in [6.07, 6.45) is 0. The molecule has 106 valence electrons. The maximum absolute atomic E-state index is 12.1. The van der Waals surface area contributed by atoms with Gasteiger partial charge in [-0.2, -0.15) is 0 Å². The maximum Gasteiger partial charge on any atom is 0.252 e. The van der Waals surface area contributed by atoms with E-state index in [0.29, 0.717) is 12.1 Å². The van der Waals surface area contributed by atoms with Crippen molar-refractivity contribution < 1.29 is 9.53 Å². The smallest absolute Gasteiger partial charge is 0.252 e. The molecule has 0 radical (unpaired) electrons. The molecule has 2 aromatic carbocycles. The van der Waals surface area contributed by atoms with Crippen LogP contribution in [0.5, 0.6) is 11.5 Å². The lowest BCUT2D eigenvalue weighted by atomic mass is 10.1. The molecular formula is C16H14N2O2S. The largest absolute Gasteiger partial charge is 0.455 e. The van der Waals surface area contributed by atoms with Crippen LogP contribution in [0.1, 0.15) is 15.9 Å². The van der Waals surface area contributed by atoms with E-state index in [2.05, 4.69) is 10.6 Å². The first-order valence-electron chi connectivity index (χ1n) is 6.86. The van der Waals surface area contributed by atoms with E-state index in [1.807, 2.05) is 42.5 Å². The molecule has 1 saturated heterocycles. The molecule has 2 aliphatic rings. The van der Waals surface area contributed by atoms with Gasteiger partial charge in [-0.3, -0.25) is 4.79 Å². The van der Waals surface area contributed by atoms with E-state index in [9.17, 15) is 4.79 Å². The molecule has 5 heteroatoms. The lowest BCUT2D eigenvalue weighted by molar-refractivity contribution is 0.0955. The van der Waals surface area contributed by atoms with E-state index < -0.39 is 0 Å². The Morgan fingerprint density at radius 2 is 2.10 bits per heavy atom. The van der Waals surface area contributed by atoms with Crippen LogP contribution in [-0.2, 0) is 6.54 Å². The van der Waals surface area contributed by atoms with Gasteiger partial charge in [0.25, 0.3) is 5.91 Å². The Morgan fingerprint density at radius 3 is 2.95 bits per heavy atom. The molecule has 1 fully saturated rings. The summed E-state index contributed by atoms with van der Waals surface area (Å²) in [5, 5.41) is 6.60. The minimum Gasteiger partial charge on any atom is -0.455 e. The summed E-state index contributed by atoms with van der Waals surface area (Å²) < 4.78 is 5.93. The summed E-state index contributed by atoms with van der Waals surface area (Å²) in [6, 6.07) is 13.4. The maximum atomic E-state index is 12.1. The molecule has 1 unspecified atom stereocenters. The van der Waals surface area contributed by atoms with Gasteiger partial charge in [-0.05, 0) is 30.3 Å². The Morgan fingerprint density at radius 1 is 1.24 bits per heavy atom. The van der Waals surface area contributed by atoms with Crippen molar-refractivity contribution in [1.82, 2.24) is 5.32 Å². The van der Waals surface area contributed by atoms with Gasteiger partial charge >= 0.3 is 0 Å². The van der Waals surface area contributed by atoms with Crippen molar-refractivity contribution in [3.63, 3.8) is 0 Å². The number of nitrogens with one attached hydrogen (secondary N) is 2. The van der Waals surface area contributed by atoms with Crippen LogP contribution in [0.2, 0.25) is 0 Å². The molecule has 0 aromatic heterocycles. The van der Waals surface area contributed by atoms with Crippen LogP contribution in [0.3, 0.4) is 0 Å². The first-order valence-corrected chi connectivity index (χ1v) is 7.90. The molecule has 0 saturated carbocycles. The molecule has 0 spiro atoms. The van der Waals surface area contributed by atoms with Crippen LogP contribution < -0.4 is 15.4 Å². The quantitative estimate of drug-likeness (QED) is 0.836. The Bertz CT molecular complexity index is 713. The van der Waals surface area contributed by atoms with Gasteiger partial charge in [-0.1, -0.05) is 12.1 Å². The summed E-state index contributed by atoms with van der Waals surface area (Å²) >= 11 is 1.75. The number of hydrogen-bond donors (Lipinski definition) is 2. The molecule has 4 nitrogen and oxygen atoms in total. The summed E-state index contributed by atoms with van der Waals surface area (Å²) in [4.78, 5) is 12.1. The van der Waals surface area contributed by atoms with Crippen molar-refractivity contribution in [2.24, 2.45) is 0 Å². The predicted molar refractivity (Wildman–Crippen MR) is 84.0 cm³/mol. The lowest BCUT2D eigenvalue weighted by Crippen LogP contribution is -2.25. The van der Waals surface area contributed by atoms with Crippen molar-refractivity contribution in [3.05, 3.63) is 53.6 Å². The highest BCUT2D eigenvalue weighted by Crippen LogP contribution is 2.35. The summed E-state index contributed by atoms with van der Waals surface area (Å²) in [5.74, 6) is 2.60. The van der Waals surface area contributed by atoms with E-state index in [1.54, 1.807) is 11.8 Å². The normalized spacial score (nSPS) is 18.4. The van der Waals surface area contributed by atoms with Gasteiger partial charge in [0.05, 0.1) is 11.1 Å². The standard InChI is InChI=1S/C16H14N2O2S/c19-16(18-15-9-21-15)10-5-6-13-11(7-10)8-17-12-3-1-2-4-14(12)20-13/h1-7,15,17H,8-9H2,(H,18,19). The highest BCUT2D eigenvalue weighted by molar-refractivity contribution is 8.06. The van der Waals surface area contributed by atoms with Crippen LogP contribution >= 0.6 is 11.8 Å². The van der Waals surface area contributed by atoms with Crippen LogP contribution in [0.25, 0.3) is 0 Å². The highest BCUT2D eigenvalue weighted by atomic mass is 32.2. The van der Waals surface area contributed by atoms with Gasteiger partial charge in [0.15, 0.2) is 5.75 Å². The molecule has 2 N–H and O–H groups in total. The monoisotopic (exact) mass is 298 g/mol. The number of thioether (sulfide) groups is 1. The van der Waals surface area contributed by atoms with Gasteiger partial charge in [-0.25, -0.2) is 0 Å². The molecule has 1 atom stereocenters. The topological polar surface area (TPSA) is 50.4 Å². The average Bonchev–Trinajstić information content (AvgIpc) is 3.32. The lowest BCUT2D eigenvalue weighted by Gasteiger charge is -2.09. The molecular weight excluding hydrogens is 284 g/mol. The van der Waals surface area contributed by atoms with Gasteiger partial charge in [0.1, 0.15) is 5.75 Å². The second kappa shape index (κ2) is 5.00. The molecule has 2 aliphatic heterocycles. The number of anilines is 1. The third-order valence-corrected chi connectivity index (χ3v) is 4.31. The summed E-state index contributed by atoms with van der Waals surface area (Å²) in [5.41, 5.74) is 2.63. The predicted octanol–water partition coefficient (Wildman–Crippen LogP) is 3.21. The SMILES string of the molecule is O=C(NC1CS1)c1ccc2c(c1)CNc1ccccc1O2. The average molecular weight is 298 g/mol. The van der Waals surface area contributed by atoms with Crippen molar-refractivity contribution in [2.45, 2.75) is 11.9 Å². The fourth-order valence-corrected chi connectivity index (χ4v) is 2.70. The molecule has 2 aromatic rings. The van der Waals surface area contributed by atoms with Crippen molar-refractivity contribution in [3.8, 4) is 11.5 Å². The number of hydrogen-bond acceptors (Lipinski definition) is 4. The highest BCUT2D eigenvalue weighted by Gasteiger charge is 2.25. The molecule has 4 rings (SSSR count). The van der Waals surface area contributed by atoms with Crippen LogP contribution in [0, 0.1) is 0 Å². The number of carbonyl (C=O) groups excluding carboxylic acids is 1. The number of para-hydroxylation sites is 2. The number of amides is 1. The van der Waals surface area contributed by atoms with E-state index in [1.165, 1.54) is 0 Å². The summed E-state index contributed by atoms with van der Waals surface area (Å²) in [6.45, 7) is 0.644. The van der Waals surface area contributed by atoms with Gasteiger partial charge in [-0.15, -0.1) is 11.8 Å². The Labute approximate surface area is 126 Å². The molecule has 2 heterocycles. The van der Waals surface area contributed by atoms with E-state index in [0.717, 1.165) is 28.5 Å². The zero-order valence-electron chi connectivity index (χ0n) is 11.3. The van der Waals surface area contributed by atoms with E-state index in [4.69, 9.17) is 4.74 Å². The van der Waals surface area contributed by atoms with Crippen LogP contribution in [0.4, 0.5) is 5.69 Å². The van der Waals surface area contributed by atoms with Gasteiger partial charge in [0, 0.05) is 23.4 Å². The second-order valence-electron chi connectivity index (χ2n) is 5.07. The summed E-state index contributed by atoms with van der Waals surface area (Å²) in [7, 11) is 0. The fourth-order valence-electron chi connectivity index (χ4n) is 2.33. The van der Waals surface area contributed by atoms with E-state index in [-0.39, 0.29) is 11.3 Å².